The lowest BCUT2D eigenvalue weighted by molar-refractivity contribution is -0.163. The van der Waals surface area contributed by atoms with Gasteiger partial charge in [-0.1, -0.05) is 26.0 Å². The second-order valence-electron chi connectivity index (χ2n) is 9.53. The largest absolute Gasteiger partial charge is 0.377 e. The summed E-state index contributed by atoms with van der Waals surface area (Å²) in [6, 6.07) is 0. The summed E-state index contributed by atoms with van der Waals surface area (Å²) in [5, 5.41) is 11.4. The second kappa shape index (κ2) is 5.16. The van der Waals surface area contributed by atoms with Crippen molar-refractivity contribution >= 4 is 11.6 Å². The van der Waals surface area contributed by atoms with Crippen LogP contribution in [0.25, 0.3) is 0 Å². The van der Waals surface area contributed by atoms with Gasteiger partial charge in [0, 0.05) is 11.8 Å². The number of aliphatic hydroxyl groups is 1. The first-order chi connectivity index (χ1) is 11.6. The van der Waals surface area contributed by atoms with E-state index in [1.807, 2.05) is 6.08 Å². The molecule has 1 unspecified atom stereocenters. The van der Waals surface area contributed by atoms with E-state index in [0.717, 1.165) is 44.1 Å². The highest BCUT2D eigenvalue weighted by Crippen LogP contribution is 2.70. The second-order valence-corrected chi connectivity index (χ2v) is 9.53. The molecule has 3 heteroatoms. The topological polar surface area (TPSA) is 54.4 Å². The Hall–Kier alpha value is -1.22. The predicted molar refractivity (Wildman–Crippen MR) is 96.9 cm³/mol. The average Bonchev–Trinajstić information content (AvgIpc) is 2.77. The molecule has 1 N–H and O–H groups in total. The zero-order valence-corrected chi connectivity index (χ0v) is 15.7. The maximum Gasteiger partial charge on any atom is 0.166 e. The van der Waals surface area contributed by atoms with E-state index in [4.69, 9.17) is 0 Å². The van der Waals surface area contributed by atoms with Crippen LogP contribution in [0.1, 0.15) is 65.7 Å². The standard InChI is InChI=1S/C22H30O3/c1-13-11-19-20(3)9-7-15-12-16(24)5-6-17(15)18(20)8-10-21(19,4)22(13,25)14(2)23/h12,17-19,25H,1,5-11H2,2-4H3/t17-,18+,19-,20?,21-,22-/m0/s1. The Morgan fingerprint density at radius 1 is 1.24 bits per heavy atom. The quantitative estimate of drug-likeness (QED) is 0.733. The number of carbonyl (C=O) groups is 2. The zero-order chi connectivity index (χ0) is 18.2. The Morgan fingerprint density at radius 2 is 1.96 bits per heavy atom. The van der Waals surface area contributed by atoms with Crippen molar-refractivity contribution in [1.29, 1.82) is 0 Å². The first-order valence-electron chi connectivity index (χ1n) is 9.79. The van der Waals surface area contributed by atoms with Crippen molar-refractivity contribution in [3.63, 3.8) is 0 Å². The maximum atomic E-state index is 12.4. The maximum absolute atomic E-state index is 12.4. The van der Waals surface area contributed by atoms with Gasteiger partial charge in [-0.05, 0) is 80.3 Å². The third-order valence-electron chi connectivity index (χ3n) is 8.65. The molecular weight excluding hydrogens is 312 g/mol. The summed E-state index contributed by atoms with van der Waals surface area (Å²) in [5.41, 5.74) is 0.408. The number of carbonyl (C=O) groups excluding carboxylic acids is 2. The number of rotatable bonds is 1. The highest BCUT2D eigenvalue weighted by atomic mass is 16.3. The Bertz CT molecular complexity index is 704. The minimum atomic E-state index is -1.37. The summed E-state index contributed by atoms with van der Waals surface area (Å²) in [6.45, 7) is 10.1. The molecule has 0 spiro atoms. The van der Waals surface area contributed by atoms with Crippen molar-refractivity contribution in [3.8, 4) is 0 Å². The van der Waals surface area contributed by atoms with Crippen molar-refractivity contribution < 1.29 is 14.7 Å². The molecule has 0 heterocycles. The smallest absolute Gasteiger partial charge is 0.166 e. The van der Waals surface area contributed by atoms with Crippen LogP contribution in [0.4, 0.5) is 0 Å². The summed E-state index contributed by atoms with van der Waals surface area (Å²) in [4.78, 5) is 24.2. The molecule has 4 aliphatic carbocycles. The van der Waals surface area contributed by atoms with E-state index in [0.29, 0.717) is 24.2 Å². The van der Waals surface area contributed by atoms with Gasteiger partial charge in [0.1, 0.15) is 5.60 Å². The van der Waals surface area contributed by atoms with E-state index in [2.05, 4.69) is 20.4 Å². The Kier molecular flexibility index (Phi) is 3.55. The lowest BCUT2D eigenvalue weighted by atomic mass is 9.44. The fraction of sp³-hybridized carbons (Fsp3) is 0.727. The molecule has 0 aliphatic heterocycles. The van der Waals surface area contributed by atoms with Crippen LogP contribution in [0.5, 0.6) is 0 Å². The highest BCUT2D eigenvalue weighted by molar-refractivity contribution is 5.91. The van der Waals surface area contributed by atoms with Crippen LogP contribution in [0.15, 0.2) is 23.8 Å². The van der Waals surface area contributed by atoms with E-state index >= 15 is 0 Å². The Balaban J connectivity index is 1.76. The van der Waals surface area contributed by atoms with Crippen LogP contribution in [0, 0.1) is 28.6 Å². The third kappa shape index (κ3) is 1.96. The monoisotopic (exact) mass is 342 g/mol. The molecule has 0 amide bonds. The summed E-state index contributed by atoms with van der Waals surface area (Å²) in [5.74, 6) is 1.50. The van der Waals surface area contributed by atoms with E-state index in [1.165, 1.54) is 12.5 Å². The Morgan fingerprint density at radius 3 is 2.64 bits per heavy atom. The first-order valence-corrected chi connectivity index (χ1v) is 9.79. The predicted octanol–water partition coefficient (Wildman–Crippen LogP) is 4.00. The number of ketones is 2. The van der Waals surface area contributed by atoms with Crippen molar-refractivity contribution in [3.05, 3.63) is 23.8 Å². The average molecular weight is 342 g/mol. The van der Waals surface area contributed by atoms with Crippen molar-refractivity contribution in [2.24, 2.45) is 28.6 Å². The number of fused-ring (bicyclic) bond motifs is 5. The van der Waals surface area contributed by atoms with Gasteiger partial charge in [0.2, 0.25) is 0 Å². The molecule has 25 heavy (non-hydrogen) atoms. The van der Waals surface area contributed by atoms with Gasteiger partial charge in [0.15, 0.2) is 11.6 Å². The van der Waals surface area contributed by atoms with Crippen LogP contribution in [-0.2, 0) is 9.59 Å². The van der Waals surface area contributed by atoms with Crippen LogP contribution in [-0.4, -0.2) is 22.3 Å². The first kappa shape index (κ1) is 17.2. The Labute approximate surface area is 150 Å². The molecule has 4 aliphatic rings. The summed E-state index contributed by atoms with van der Waals surface area (Å²) in [6.07, 6.45) is 8.26. The fourth-order valence-corrected chi connectivity index (χ4v) is 7.31. The molecule has 0 aromatic rings. The van der Waals surface area contributed by atoms with Gasteiger partial charge >= 0.3 is 0 Å². The molecule has 0 bridgehead atoms. The lowest BCUT2D eigenvalue weighted by Gasteiger charge is -2.60. The van der Waals surface area contributed by atoms with Gasteiger partial charge in [-0.2, -0.15) is 0 Å². The van der Waals surface area contributed by atoms with E-state index in [9.17, 15) is 14.7 Å². The van der Waals surface area contributed by atoms with Crippen LogP contribution >= 0.6 is 0 Å². The van der Waals surface area contributed by atoms with Crippen molar-refractivity contribution in [2.75, 3.05) is 0 Å². The molecular formula is C22H30O3. The SMILES string of the molecule is C=C1C[C@H]2C3(C)CCC4=CC(=O)CC[C@@H]4[C@H]3CC[C@]2(C)[C@@]1(O)C(C)=O. The molecule has 3 fully saturated rings. The lowest BCUT2D eigenvalue weighted by Crippen LogP contribution is -2.59. The van der Waals surface area contributed by atoms with Gasteiger partial charge < -0.3 is 5.11 Å². The van der Waals surface area contributed by atoms with Crippen molar-refractivity contribution in [1.82, 2.24) is 0 Å². The minimum absolute atomic E-state index is 0.109. The van der Waals surface area contributed by atoms with Crippen LogP contribution in [0.2, 0.25) is 0 Å². The molecule has 0 aromatic heterocycles. The normalized spacial score (nSPS) is 49.1. The number of allylic oxidation sites excluding steroid dienone is 1. The highest BCUT2D eigenvalue weighted by Gasteiger charge is 2.69. The molecule has 136 valence electrons. The molecule has 6 atom stereocenters. The minimum Gasteiger partial charge on any atom is -0.377 e. The molecule has 0 saturated heterocycles. The molecule has 3 saturated carbocycles. The number of hydrogen-bond donors (Lipinski definition) is 1. The van der Waals surface area contributed by atoms with Crippen molar-refractivity contribution in [2.45, 2.75) is 71.3 Å². The molecule has 0 aromatic carbocycles. The summed E-state index contributed by atoms with van der Waals surface area (Å²) in [7, 11) is 0. The molecule has 3 nitrogen and oxygen atoms in total. The zero-order valence-electron chi connectivity index (χ0n) is 15.7. The van der Waals surface area contributed by atoms with E-state index < -0.39 is 11.0 Å². The van der Waals surface area contributed by atoms with Crippen LogP contribution < -0.4 is 0 Å². The number of hydrogen-bond acceptors (Lipinski definition) is 3. The van der Waals surface area contributed by atoms with Gasteiger partial charge in [0.25, 0.3) is 0 Å². The van der Waals surface area contributed by atoms with Crippen LogP contribution in [0.3, 0.4) is 0 Å². The van der Waals surface area contributed by atoms with E-state index in [-0.39, 0.29) is 17.0 Å². The van der Waals surface area contributed by atoms with E-state index in [1.54, 1.807) is 0 Å². The fourth-order valence-electron chi connectivity index (χ4n) is 7.31. The molecule has 0 radical (unpaired) electrons. The summed E-state index contributed by atoms with van der Waals surface area (Å²) < 4.78 is 0. The van der Waals surface area contributed by atoms with Gasteiger partial charge in [0.05, 0.1) is 0 Å². The third-order valence-corrected chi connectivity index (χ3v) is 8.65. The molecule has 4 rings (SSSR count). The number of Topliss-reactive ketones (excluding diaryl/α,β-unsaturated/α-hetero) is 1. The summed E-state index contributed by atoms with van der Waals surface area (Å²) >= 11 is 0. The van der Waals surface area contributed by atoms with Gasteiger partial charge in [-0.3, -0.25) is 9.59 Å². The van der Waals surface area contributed by atoms with Gasteiger partial charge in [-0.25, -0.2) is 0 Å². The van der Waals surface area contributed by atoms with Gasteiger partial charge in [-0.15, -0.1) is 0 Å².